The molecule has 0 saturated heterocycles. The second kappa shape index (κ2) is 13.9. The predicted octanol–water partition coefficient (Wildman–Crippen LogP) is 7.93. The van der Waals surface area contributed by atoms with Crippen molar-refractivity contribution in [1.82, 2.24) is 9.55 Å². The number of carbonyl (C=O) groups is 1. The standard InChI is InChI=1S/C34H35ClN2O3S/c1-2-3-18-40-32-13-9-27(10-14-32)28-11-17-34(35)29(20-28)8-12-31(38)19-25-6-15-33(16-7-25)41(39)23-30-21-36-24-37(30)22-26-4-5-26/h6-17,20-21,24,26H,2-5,18-19,22-23H2,1H3/b12-8+. The van der Waals surface area contributed by atoms with Gasteiger partial charge in [-0.15, -0.1) is 0 Å². The molecule has 7 heteroatoms. The van der Waals surface area contributed by atoms with Crippen LogP contribution in [0, 0.1) is 5.92 Å². The Labute approximate surface area is 249 Å². The van der Waals surface area contributed by atoms with Gasteiger partial charge >= 0.3 is 0 Å². The van der Waals surface area contributed by atoms with Crippen molar-refractivity contribution in [2.75, 3.05) is 6.61 Å². The van der Waals surface area contributed by atoms with Crippen LogP contribution >= 0.6 is 11.6 Å². The fourth-order valence-corrected chi connectivity index (χ4v) is 5.86. The highest BCUT2D eigenvalue weighted by Crippen LogP contribution is 2.31. The number of imidazole rings is 1. The molecule has 0 amide bonds. The highest BCUT2D eigenvalue weighted by molar-refractivity contribution is 7.84. The van der Waals surface area contributed by atoms with Gasteiger partial charge in [0, 0.05) is 29.1 Å². The van der Waals surface area contributed by atoms with Gasteiger partial charge in [0.15, 0.2) is 5.78 Å². The van der Waals surface area contributed by atoms with Crippen LogP contribution in [0.5, 0.6) is 5.75 Å². The normalized spacial score (nSPS) is 13.9. The molecule has 1 fully saturated rings. The number of nitrogens with zero attached hydrogens (tertiary/aromatic N) is 2. The molecule has 4 aromatic rings. The van der Waals surface area contributed by atoms with Crippen molar-refractivity contribution >= 4 is 34.3 Å². The zero-order valence-electron chi connectivity index (χ0n) is 23.3. The van der Waals surface area contributed by atoms with E-state index in [2.05, 4.69) is 16.5 Å². The molecule has 0 bridgehead atoms. The molecule has 0 aliphatic heterocycles. The summed E-state index contributed by atoms with van der Waals surface area (Å²) in [6, 6.07) is 21.3. The van der Waals surface area contributed by atoms with Crippen molar-refractivity contribution in [2.24, 2.45) is 5.92 Å². The van der Waals surface area contributed by atoms with E-state index in [4.69, 9.17) is 16.3 Å². The van der Waals surface area contributed by atoms with Gasteiger partial charge in [-0.25, -0.2) is 4.98 Å². The average molecular weight is 587 g/mol. The van der Waals surface area contributed by atoms with Gasteiger partial charge in [-0.05, 0) is 96.0 Å². The van der Waals surface area contributed by atoms with Gasteiger partial charge in [-0.3, -0.25) is 9.00 Å². The molecule has 1 aliphatic carbocycles. The number of allylic oxidation sites excluding steroid dienone is 1. The van der Waals surface area contributed by atoms with Gasteiger partial charge in [0.2, 0.25) is 0 Å². The summed E-state index contributed by atoms with van der Waals surface area (Å²) in [4.78, 5) is 17.7. The van der Waals surface area contributed by atoms with Crippen LogP contribution in [0.1, 0.15) is 49.4 Å². The molecule has 0 N–H and O–H groups in total. The third-order valence-corrected chi connectivity index (χ3v) is 8.89. The Kier molecular flexibility index (Phi) is 9.86. The van der Waals surface area contributed by atoms with Crippen LogP contribution in [0.3, 0.4) is 0 Å². The van der Waals surface area contributed by atoms with Gasteiger partial charge in [0.05, 0.1) is 35.2 Å². The number of ketones is 1. The molecule has 212 valence electrons. The first kappa shape index (κ1) is 29.0. The van der Waals surface area contributed by atoms with E-state index in [1.807, 2.05) is 79.3 Å². The monoisotopic (exact) mass is 586 g/mol. The van der Waals surface area contributed by atoms with Crippen LogP contribution in [-0.2, 0) is 34.3 Å². The molecule has 5 nitrogen and oxygen atoms in total. The Morgan fingerprint density at radius 1 is 1.07 bits per heavy atom. The van der Waals surface area contributed by atoms with Crippen molar-refractivity contribution in [3.63, 3.8) is 0 Å². The van der Waals surface area contributed by atoms with E-state index in [1.54, 1.807) is 12.2 Å². The summed E-state index contributed by atoms with van der Waals surface area (Å²) in [5.41, 5.74) is 4.72. The van der Waals surface area contributed by atoms with Crippen LogP contribution in [0.15, 0.2) is 90.2 Å². The van der Waals surface area contributed by atoms with E-state index in [0.29, 0.717) is 10.8 Å². The maximum atomic E-state index is 13.0. The smallest absolute Gasteiger partial charge is 0.160 e. The maximum Gasteiger partial charge on any atom is 0.160 e. The van der Waals surface area contributed by atoms with Crippen LogP contribution < -0.4 is 4.74 Å². The Hall–Kier alpha value is -3.48. The molecule has 0 radical (unpaired) electrons. The average Bonchev–Trinajstić information content (AvgIpc) is 3.70. The van der Waals surface area contributed by atoms with Gasteiger partial charge in [-0.1, -0.05) is 55.3 Å². The van der Waals surface area contributed by atoms with E-state index in [-0.39, 0.29) is 12.2 Å². The third-order valence-electron chi connectivity index (χ3n) is 7.19. The summed E-state index contributed by atoms with van der Waals surface area (Å²) in [5.74, 6) is 2.00. The van der Waals surface area contributed by atoms with E-state index in [0.717, 1.165) is 70.5 Å². The number of carbonyl (C=O) groups excluding carboxylic acids is 1. The van der Waals surface area contributed by atoms with Gasteiger partial charge < -0.3 is 9.30 Å². The van der Waals surface area contributed by atoms with E-state index in [1.165, 1.54) is 12.8 Å². The molecular formula is C34H35ClN2O3S. The Balaban J connectivity index is 1.17. The number of benzene rings is 3. The number of ether oxygens (including phenoxy) is 1. The molecule has 0 spiro atoms. The fourth-order valence-electron chi connectivity index (χ4n) is 4.56. The van der Waals surface area contributed by atoms with Crippen molar-refractivity contribution < 1.29 is 13.7 Å². The van der Waals surface area contributed by atoms with Crippen molar-refractivity contribution in [2.45, 2.75) is 56.2 Å². The Bertz CT molecular complexity index is 1520. The number of hydrogen-bond donors (Lipinski definition) is 0. The molecule has 41 heavy (non-hydrogen) atoms. The fraction of sp³-hybridized carbons (Fsp3) is 0.294. The van der Waals surface area contributed by atoms with E-state index >= 15 is 0 Å². The lowest BCUT2D eigenvalue weighted by atomic mass is 10.0. The van der Waals surface area contributed by atoms with E-state index in [9.17, 15) is 9.00 Å². The van der Waals surface area contributed by atoms with Gasteiger partial charge in [-0.2, -0.15) is 0 Å². The van der Waals surface area contributed by atoms with Gasteiger partial charge in [0.25, 0.3) is 0 Å². The first-order valence-corrected chi connectivity index (χ1v) is 15.9. The van der Waals surface area contributed by atoms with Crippen molar-refractivity contribution in [1.29, 1.82) is 0 Å². The van der Waals surface area contributed by atoms with Crippen molar-refractivity contribution in [3.8, 4) is 16.9 Å². The largest absolute Gasteiger partial charge is 0.494 e. The molecule has 1 aromatic heterocycles. The minimum Gasteiger partial charge on any atom is -0.494 e. The summed E-state index contributed by atoms with van der Waals surface area (Å²) >= 11 is 6.44. The second-order valence-electron chi connectivity index (χ2n) is 10.6. The maximum absolute atomic E-state index is 13.0. The number of rotatable bonds is 14. The lowest BCUT2D eigenvalue weighted by molar-refractivity contribution is -0.113. The van der Waals surface area contributed by atoms with Crippen LogP contribution in [-0.4, -0.2) is 26.2 Å². The molecule has 1 atom stereocenters. The van der Waals surface area contributed by atoms with Crippen molar-refractivity contribution in [3.05, 3.63) is 107 Å². The molecular weight excluding hydrogens is 552 g/mol. The molecule has 1 aliphatic rings. The van der Waals surface area contributed by atoms with Crippen LogP contribution in [0.4, 0.5) is 0 Å². The SMILES string of the molecule is CCCCOc1ccc(-c2ccc(Cl)c(/C=C/C(=O)Cc3ccc(S(=O)Cc4cncn4CC4CC4)cc3)c2)cc1. The lowest BCUT2D eigenvalue weighted by Gasteiger charge is -2.08. The second-order valence-corrected chi connectivity index (χ2v) is 12.4. The first-order chi connectivity index (χ1) is 20.0. The van der Waals surface area contributed by atoms with Crippen LogP contribution in [0.2, 0.25) is 5.02 Å². The molecule has 3 aromatic carbocycles. The summed E-state index contributed by atoms with van der Waals surface area (Å²) in [7, 11) is -1.17. The first-order valence-electron chi connectivity index (χ1n) is 14.2. The highest BCUT2D eigenvalue weighted by atomic mass is 35.5. The minimum absolute atomic E-state index is 0.0297. The topological polar surface area (TPSA) is 61.2 Å². The quantitative estimate of drug-likeness (QED) is 0.111. The predicted molar refractivity (Wildman–Crippen MR) is 167 cm³/mol. The molecule has 1 saturated carbocycles. The highest BCUT2D eigenvalue weighted by Gasteiger charge is 2.23. The number of unbranched alkanes of at least 4 members (excludes halogenated alkanes) is 1. The third kappa shape index (κ3) is 8.27. The molecule has 5 rings (SSSR count). The summed E-state index contributed by atoms with van der Waals surface area (Å²) in [6.07, 6.45) is 11.9. The molecule has 1 unspecified atom stereocenters. The number of halogens is 1. The van der Waals surface area contributed by atoms with Gasteiger partial charge in [0.1, 0.15) is 5.75 Å². The number of aromatic nitrogens is 2. The summed E-state index contributed by atoms with van der Waals surface area (Å²) in [5, 5.41) is 0.586. The lowest BCUT2D eigenvalue weighted by Crippen LogP contribution is -2.06. The zero-order valence-corrected chi connectivity index (χ0v) is 24.9. The minimum atomic E-state index is -1.17. The Morgan fingerprint density at radius 2 is 1.83 bits per heavy atom. The summed E-state index contributed by atoms with van der Waals surface area (Å²) in [6.45, 7) is 3.82. The Morgan fingerprint density at radius 3 is 2.56 bits per heavy atom. The summed E-state index contributed by atoms with van der Waals surface area (Å²) < 4.78 is 20.8. The zero-order chi connectivity index (χ0) is 28.6. The van der Waals surface area contributed by atoms with E-state index < -0.39 is 10.8 Å². The number of hydrogen-bond acceptors (Lipinski definition) is 4. The molecule has 1 heterocycles. The van der Waals surface area contributed by atoms with Crippen LogP contribution in [0.25, 0.3) is 17.2 Å².